The zero-order chi connectivity index (χ0) is 28.7. The average Bonchev–Trinajstić information content (AvgIpc) is 3.52. The molecular weight excluding hydrogens is 551 g/mol. The van der Waals surface area contributed by atoms with E-state index in [2.05, 4.69) is 29.4 Å². The van der Waals surface area contributed by atoms with Gasteiger partial charge in [0.05, 0.1) is 10.9 Å². The molecule has 0 radical (unpaired) electrons. The molecule has 1 saturated heterocycles. The lowest BCUT2D eigenvalue weighted by atomic mass is 10.0. The van der Waals surface area contributed by atoms with Crippen LogP contribution in [0.5, 0.6) is 0 Å². The van der Waals surface area contributed by atoms with Gasteiger partial charge < -0.3 is 10.2 Å². The Morgan fingerprint density at radius 1 is 0.878 bits per heavy atom. The van der Waals surface area contributed by atoms with Crippen LogP contribution < -0.4 is 5.32 Å². The fourth-order valence-corrected chi connectivity index (χ4v) is 8.15. The summed E-state index contributed by atoms with van der Waals surface area (Å²) < 4.78 is 28.7. The molecule has 0 aliphatic carbocycles. The number of hydrogen-bond acceptors (Lipinski definition) is 5. The van der Waals surface area contributed by atoms with Crippen molar-refractivity contribution in [3.63, 3.8) is 0 Å². The van der Waals surface area contributed by atoms with Crippen molar-refractivity contribution in [2.45, 2.75) is 29.3 Å². The van der Waals surface area contributed by atoms with Crippen molar-refractivity contribution < 1.29 is 13.2 Å². The van der Waals surface area contributed by atoms with Crippen LogP contribution in [-0.2, 0) is 21.4 Å². The molecule has 41 heavy (non-hydrogen) atoms. The number of thioether (sulfide) groups is 1. The summed E-state index contributed by atoms with van der Waals surface area (Å²) in [5.74, 6) is 0.284. The summed E-state index contributed by atoms with van der Waals surface area (Å²) in [6.07, 6.45) is 0.699. The first-order valence-corrected chi connectivity index (χ1v) is 16.3. The Balaban J connectivity index is 1.28. The maximum absolute atomic E-state index is 13.7. The SMILES string of the molecule is CN(CC[C@H](NC(=O)C1SCCN1S(=O)(=O)c1ccc(-c2ccccc2)cc1)c1ccccc1)Cc1ccccc1. The lowest BCUT2D eigenvalue weighted by molar-refractivity contribution is -0.123. The van der Waals surface area contributed by atoms with Gasteiger partial charge in [0, 0.05) is 25.4 Å². The Bertz CT molecular complexity index is 1520. The van der Waals surface area contributed by atoms with E-state index in [1.54, 1.807) is 12.1 Å². The summed E-state index contributed by atoms with van der Waals surface area (Å²) in [7, 11) is -1.78. The average molecular weight is 586 g/mol. The predicted molar refractivity (Wildman–Crippen MR) is 167 cm³/mol. The number of nitrogens with zero attached hydrogens (tertiary/aromatic N) is 2. The summed E-state index contributed by atoms with van der Waals surface area (Å²) in [6.45, 7) is 1.87. The predicted octanol–water partition coefficient (Wildman–Crippen LogP) is 5.80. The van der Waals surface area contributed by atoms with Crippen LogP contribution in [0.4, 0.5) is 0 Å². The zero-order valence-electron chi connectivity index (χ0n) is 23.1. The van der Waals surface area contributed by atoms with Gasteiger partial charge in [-0.1, -0.05) is 103 Å². The number of benzene rings is 4. The van der Waals surface area contributed by atoms with Crippen LogP contribution in [0.25, 0.3) is 11.1 Å². The van der Waals surface area contributed by atoms with Crippen molar-refractivity contribution >= 4 is 27.7 Å². The van der Waals surface area contributed by atoms with Crippen LogP contribution in [0.3, 0.4) is 0 Å². The maximum atomic E-state index is 13.7. The Morgan fingerprint density at radius 3 is 2.12 bits per heavy atom. The topological polar surface area (TPSA) is 69.7 Å². The summed E-state index contributed by atoms with van der Waals surface area (Å²) >= 11 is 1.37. The molecule has 8 heteroatoms. The number of nitrogens with one attached hydrogen (secondary N) is 1. The van der Waals surface area contributed by atoms with Crippen LogP contribution in [0, 0.1) is 0 Å². The van der Waals surface area contributed by atoms with Crippen molar-refractivity contribution in [2.24, 2.45) is 0 Å². The summed E-state index contributed by atoms with van der Waals surface area (Å²) in [5.41, 5.74) is 4.20. The van der Waals surface area contributed by atoms with Crippen molar-refractivity contribution in [3.8, 4) is 11.1 Å². The van der Waals surface area contributed by atoms with E-state index in [1.807, 2.05) is 91.0 Å². The molecule has 1 heterocycles. The van der Waals surface area contributed by atoms with Gasteiger partial charge in [-0.2, -0.15) is 4.31 Å². The molecular formula is C33H35N3O3S2. The van der Waals surface area contributed by atoms with Crippen LogP contribution in [0.15, 0.2) is 120 Å². The van der Waals surface area contributed by atoms with Gasteiger partial charge >= 0.3 is 0 Å². The minimum absolute atomic E-state index is 0.194. The van der Waals surface area contributed by atoms with Crippen LogP contribution in [0.2, 0.25) is 0 Å². The van der Waals surface area contributed by atoms with Gasteiger partial charge in [0.15, 0.2) is 0 Å². The molecule has 1 aliphatic rings. The molecule has 4 aromatic carbocycles. The molecule has 1 N–H and O–H groups in total. The first-order valence-electron chi connectivity index (χ1n) is 13.8. The molecule has 4 aromatic rings. The van der Waals surface area contributed by atoms with Crippen LogP contribution >= 0.6 is 11.8 Å². The minimum Gasteiger partial charge on any atom is -0.347 e. The molecule has 5 rings (SSSR count). The monoisotopic (exact) mass is 585 g/mol. The summed E-state index contributed by atoms with van der Waals surface area (Å²) in [6, 6.07) is 36.7. The normalized spacial score (nSPS) is 16.5. The fourth-order valence-electron chi connectivity index (χ4n) is 5.07. The van der Waals surface area contributed by atoms with Crippen molar-refractivity contribution in [3.05, 3.63) is 126 Å². The Morgan fingerprint density at radius 2 is 1.46 bits per heavy atom. The molecule has 0 saturated carbocycles. The second-order valence-electron chi connectivity index (χ2n) is 10.2. The van der Waals surface area contributed by atoms with Gasteiger partial charge in [-0.25, -0.2) is 8.42 Å². The lowest BCUT2D eigenvalue weighted by Gasteiger charge is -2.27. The van der Waals surface area contributed by atoms with Gasteiger partial charge in [0.25, 0.3) is 0 Å². The molecule has 1 unspecified atom stereocenters. The summed E-state index contributed by atoms with van der Waals surface area (Å²) in [4.78, 5) is 16.1. The third kappa shape index (κ3) is 7.26. The third-order valence-corrected chi connectivity index (χ3v) is 10.5. The molecule has 1 aliphatic heterocycles. The third-order valence-electron chi connectivity index (χ3n) is 7.25. The highest BCUT2D eigenvalue weighted by Gasteiger charge is 2.40. The minimum atomic E-state index is -3.85. The van der Waals surface area contributed by atoms with E-state index in [0.717, 1.165) is 29.8 Å². The molecule has 0 spiro atoms. The molecule has 0 aromatic heterocycles. The lowest BCUT2D eigenvalue weighted by Crippen LogP contribution is -2.46. The molecule has 2 atom stereocenters. The van der Waals surface area contributed by atoms with Crippen LogP contribution in [0.1, 0.15) is 23.6 Å². The van der Waals surface area contributed by atoms with Gasteiger partial charge in [0.1, 0.15) is 5.37 Å². The molecule has 1 fully saturated rings. The van der Waals surface area contributed by atoms with Gasteiger partial charge in [-0.15, -0.1) is 11.8 Å². The number of carbonyl (C=O) groups is 1. The van der Waals surface area contributed by atoms with E-state index in [4.69, 9.17) is 0 Å². The van der Waals surface area contributed by atoms with E-state index in [9.17, 15) is 13.2 Å². The van der Waals surface area contributed by atoms with E-state index in [0.29, 0.717) is 18.7 Å². The van der Waals surface area contributed by atoms with Gasteiger partial charge in [-0.05, 0) is 47.9 Å². The molecule has 1 amide bonds. The highest BCUT2D eigenvalue weighted by Crippen LogP contribution is 2.32. The molecule has 0 bridgehead atoms. The second kappa shape index (κ2) is 13.5. The number of sulfonamides is 1. The van der Waals surface area contributed by atoms with E-state index >= 15 is 0 Å². The highest BCUT2D eigenvalue weighted by atomic mass is 32.2. The largest absolute Gasteiger partial charge is 0.347 e. The van der Waals surface area contributed by atoms with Crippen molar-refractivity contribution in [1.82, 2.24) is 14.5 Å². The van der Waals surface area contributed by atoms with E-state index < -0.39 is 15.4 Å². The Hall–Kier alpha value is -3.43. The smallest absolute Gasteiger partial charge is 0.249 e. The summed E-state index contributed by atoms with van der Waals surface area (Å²) in [5, 5.41) is 2.37. The number of rotatable bonds is 11. The fraction of sp³-hybridized carbons (Fsp3) is 0.242. The zero-order valence-corrected chi connectivity index (χ0v) is 24.7. The molecule has 212 valence electrons. The van der Waals surface area contributed by atoms with Crippen molar-refractivity contribution in [2.75, 3.05) is 25.9 Å². The Kier molecular flexibility index (Phi) is 9.57. The second-order valence-corrected chi connectivity index (χ2v) is 13.3. The highest BCUT2D eigenvalue weighted by molar-refractivity contribution is 8.02. The standard InChI is InChI=1S/C33H35N3O3S2/c1-35(25-26-11-5-2-6-12-26)22-21-31(29-15-9-4-10-16-29)34-32(37)33-36(23-24-40-33)41(38,39)30-19-17-28(18-20-30)27-13-7-3-8-14-27/h2-20,31,33H,21-25H2,1H3,(H,34,37)/t31-,33?/m0/s1. The number of hydrogen-bond donors (Lipinski definition) is 1. The van der Waals surface area contributed by atoms with E-state index in [-0.39, 0.29) is 16.8 Å². The number of carbonyl (C=O) groups excluding carboxylic acids is 1. The first kappa shape index (κ1) is 29.1. The van der Waals surface area contributed by atoms with Crippen molar-refractivity contribution in [1.29, 1.82) is 0 Å². The Labute approximate surface area is 247 Å². The molecule has 6 nitrogen and oxygen atoms in total. The van der Waals surface area contributed by atoms with Crippen LogP contribution in [-0.4, -0.2) is 54.8 Å². The van der Waals surface area contributed by atoms with E-state index in [1.165, 1.54) is 21.6 Å². The van der Waals surface area contributed by atoms with Gasteiger partial charge in [0.2, 0.25) is 15.9 Å². The first-order chi connectivity index (χ1) is 19.9. The maximum Gasteiger partial charge on any atom is 0.249 e. The quantitative estimate of drug-likeness (QED) is 0.241. The van der Waals surface area contributed by atoms with Gasteiger partial charge in [-0.3, -0.25) is 4.79 Å². The number of amides is 1.